The molecular weight excluding hydrogens is 444 g/mol. The monoisotopic (exact) mass is 484 g/mol. The number of carbonyl (C=O) groups excluding carboxylic acids is 2. The van der Waals surface area contributed by atoms with Gasteiger partial charge in [-0.3, -0.25) is 9.59 Å². The minimum atomic E-state index is -0.509. The molecule has 1 rings (SSSR count). The number of ether oxygens (including phenoxy) is 6. The number of esters is 1. The van der Waals surface area contributed by atoms with Gasteiger partial charge in [0.05, 0.1) is 46.8 Å². The average Bonchev–Trinajstić information content (AvgIpc) is 2.79. The van der Waals surface area contributed by atoms with Gasteiger partial charge >= 0.3 is 5.97 Å². The quantitative estimate of drug-likeness (QED) is 0.173. The third-order valence-corrected chi connectivity index (χ3v) is 4.62. The summed E-state index contributed by atoms with van der Waals surface area (Å²) in [5, 5.41) is 2.81. The van der Waals surface area contributed by atoms with Gasteiger partial charge in [0, 0.05) is 43.8 Å². The summed E-state index contributed by atoms with van der Waals surface area (Å²) in [4.78, 5) is 23.1. The van der Waals surface area contributed by atoms with E-state index in [-0.39, 0.29) is 5.91 Å². The Hall–Kier alpha value is -2.56. The first-order valence-electron chi connectivity index (χ1n) is 11.7. The van der Waals surface area contributed by atoms with Gasteiger partial charge in [-0.05, 0) is 25.8 Å². The molecule has 0 spiro atoms. The van der Waals surface area contributed by atoms with Gasteiger partial charge in [0.15, 0.2) is 11.5 Å². The highest BCUT2D eigenvalue weighted by molar-refractivity contribution is 5.75. The van der Waals surface area contributed by atoms with Crippen molar-refractivity contribution in [1.82, 2.24) is 5.32 Å². The summed E-state index contributed by atoms with van der Waals surface area (Å²) in [6, 6.07) is 3.32. The molecule has 0 aliphatic carbocycles. The number of nitrogens with two attached hydrogens (primary N) is 1. The molecule has 0 radical (unpaired) electrons. The van der Waals surface area contributed by atoms with E-state index in [1.54, 1.807) is 19.1 Å². The van der Waals surface area contributed by atoms with E-state index in [0.717, 1.165) is 13.0 Å². The van der Waals surface area contributed by atoms with Crippen LogP contribution < -0.4 is 20.5 Å². The molecule has 0 saturated carbocycles. The zero-order valence-electron chi connectivity index (χ0n) is 20.9. The van der Waals surface area contributed by atoms with Crippen molar-refractivity contribution in [3.63, 3.8) is 0 Å². The summed E-state index contributed by atoms with van der Waals surface area (Å²) in [7, 11) is 1.52. The summed E-state index contributed by atoms with van der Waals surface area (Å²) < 4.78 is 32.4. The Kier molecular flexibility index (Phi) is 15.5. The Labute approximate surface area is 202 Å². The topological polar surface area (TPSA) is 128 Å². The van der Waals surface area contributed by atoms with Crippen molar-refractivity contribution in [2.24, 2.45) is 0 Å². The highest BCUT2D eigenvalue weighted by Gasteiger charge is 2.17. The molecule has 10 nitrogen and oxygen atoms in total. The van der Waals surface area contributed by atoms with Crippen LogP contribution in [0.25, 0.3) is 0 Å². The molecule has 1 aromatic rings. The first kappa shape index (κ1) is 29.5. The lowest BCUT2D eigenvalue weighted by Gasteiger charge is -2.18. The number of carbonyl (C=O) groups is 2. The van der Waals surface area contributed by atoms with Gasteiger partial charge < -0.3 is 39.5 Å². The Morgan fingerprint density at radius 3 is 2.24 bits per heavy atom. The van der Waals surface area contributed by atoms with Crippen LogP contribution >= 0.6 is 0 Å². The van der Waals surface area contributed by atoms with Crippen LogP contribution in [0.2, 0.25) is 0 Å². The fraction of sp³-hybridized carbons (Fsp3) is 0.667. The summed E-state index contributed by atoms with van der Waals surface area (Å²) >= 11 is 0. The van der Waals surface area contributed by atoms with Gasteiger partial charge in [-0.25, -0.2) is 0 Å². The van der Waals surface area contributed by atoms with E-state index < -0.39 is 12.1 Å². The minimum absolute atomic E-state index is 0.0754. The van der Waals surface area contributed by atoms with Gasteiger partial charge in [-0.15, -0.1) is 0 Å². The van der Waals surface area contributed by atoms with E-state index in [1.807, 2.05) is 0 Å². The zero-order chi connectivity index (χ0) is 25.2. The number of nitrogens with one attached hydrogen (secondary N) is 1. The van der Waals surface area contributed by atoms with Gasteiger partial charge in [0.25, 0.3) is 0 Å². The van der Waals surface area contributed by atoms with Crippen molar-refractivity contribution >= 4 is 17.6 Å². The van der Waals surface area contributed by atoms with E-state index >= 15 is 0 Å². The Bertz CT molecular complexity index is 729. The molecule has 0 aliphatic rings. The number of hydrogen-bond acceptors (Lipinski definition) is 9. The van der Waals surface area contributed by atoms with Gasteiger partial charge in [-0.1, -0.05) is 6.92 Å². The number of amides is 1. The molecule has 0 saturated heterocycles. The van der Waals surface area contributed by atoms with Crippen LogP contribution in [0.1, 0.15) is 51.7 Å². The summed E-state index contributed by atoms with van der Waals surface area (Å²) in [5.74, 6) is 0.469. The van der Waals surface area contributed by atoms with Crippen LogP contribution in [-0.4, -0.2) is 71.8 Å². The molecule has 34 heavy (non-hydrogen) atoms. The van der Waals surface area contributed by atoms with Crippen molar-refractivity contribution in [2.75, 3.05) is 65.6 Å². The van der Waals surface area contributed by atoms with Gasteiger partial charge in [0.1, 0.15) is 6.10 Å². The molecule has 1 unspecified atom stereocenters. The van der Waals surface area contributed by atoms with Crippen molar-refractivity contribution < 1.29 is 38.0 Å². The predicted molar refractivity (Wildman–Crippen MR) is 128 cm³/mol. The number of benzene rings is 1. The van der Waals surface area contributed by atoms with E-state index in [4.69, 9.17) is 34.2 Å². The lowest BCUT2D eigenvalue weighted by molar-refractivity contribution is -0.145. The molecule has 0 bridgehead atoms. The molecule has 1 aromatic carbocycles. The first-order chi connectivity index (χ1) is 16.4. The molecule has 0 aliphatic heterocycles. The average molecular weight is 485 g/mol. The first-order valence-corrected chi connectivity index (χ1v) is 11.7. The maximum Gasteiger partial charge on any atom is 0.303 e. The number of anilines is 1. The largest absolute Gasteiger partial charge is 0.493 e. The summed E-state index contributed by atoms with van der Waals surface area (Å²) in [6.07, 6.45) is 1.33. The SMILES string of the molecule is CCCOCCOCCOCCNC(=O)CCCOc1cc(N)c(C(C)OC(C)=O)cc1OC. The normalized spacial score (nSPS) is 11.6. The summed E-state index contributed by atoms with van der Waals surface area (Å²) in [5.41, 5.74) is 7.15. The van der Waals surface area contributed by atoms with Crippen LogP contribution in [-0.2, 0) is 28.5 Å². The Balaban J connectivity index is 2.20. The van der Waals surface area contributed by atoms with Crippen molar-refractivity contribution in [2.45, 2.75) is 46.1 Å². The molecule has 0 aromatic heterocycles. The highest BCUT2D eigenvalue weighted by Crippen LogP contribution is 2.36. The van der Waals surface area contributed by atoms with Crippen molar-refractivity contribution in [3.8, 4) is 11.5 Å². The smallest absolute Gasteiger partial charge is 0.303 e. The van der Waals surface area contributed by atoms with E-state index in [9.17, 15) is 9.59 Å². The number of methoxy groups -OCH3 is 1. The van der Waals surface area contributed by atoms with Crippen LogP contribution in [0, 0.1) is 0 Å². The van der Waals surface area contributed by atoms with Crippen molar-refractivity contribution in [1.29, 1.82) is 0 Å². The highest BCUT2D eigenvalue weighted by atomic mass is 16.5. The molecule has 1 amide bonds. The van der Waals surface area contributed by atoms with Crippen LogP contribution in [0.4, 0.5) is 5.69 Å². The number of nitrogen functional groups attached to an aromatic ring is 1. The third-order valence-electron chi connectivity index (χ3n) is 4.62. The van der Waals surface area contributed by atoms with Crippen LogP contribution in [0.5, 0.6) is 11.5 Å². The molecule has 10 heteroatoms. The fourth-order valence-electron chi connectivity index (χ4n) is 2.98. The maximum absolute atomic E-state index is 12.0. The summed E-state index contributed by atoms with van der Waals surface area (Å²) in [6.45, 7) is 9.18. The zero-order valence-corrected chi connectivity index (χ0v) is 20.9. The number of hydrogen-bond donors (Lipinski definition) is 2. The van der Waals surface area contributed by atoms with Crippen LogP contribution in [0.15, 0.2) is 12.1 Å². The number of rotatable bonds is 19. The second kappa shape index (κ2) is 17.9. The van der Waals surface area contributed by atoms with E-state index in [1.165, 1.54) is 14.0 Å². The van der Waals surface area contributed by atoms with Crippen molar-refractivity contribution in [3.05, 3.63) is 17.7 Å². The van der Waals surface area contributed by atoms with Gasteiger partial charge in [0.2, 0.25) is 5.91 Å². The molecule has 0 fully saturated rings. The van der Waals surface area contributed by atoms with Crippen LogP contribution in [0.3, 0.4) is 0 Å². The lowest BCUT2D eigenvalue weighted by Crippen LogP contribution is -2.27. The van der Waals surface area contributed by atoms with E-state index in [2.05, 4.69) is 12.2 Å². The van der Waals surface area contributed by atoms with Gasteiger partial charge in [-0.2, -0.15) is 0 Å². The maximum atomic E-state index is 12.0. The third kappa shape index (κ3) is 12.6. The predicted octanol–water partition coefficient (Wildman–Crippen LogP) is 2.64. The Morgan fingerprint density at radius 2 is 1.62 bits per heavy atom. The fourth-order valence-corrected chi connectivity index (χ4v) is 2.98. The molecule has 1 atom stereocenters. The molecule has 3 N–H and O–H groups in total. The molecule has 194 valence electrons. The minimum Gasteiger partial charge on any atom is -0.493 e. The molecule has 0 heterocycles. The second-order valence-corrected chi connectivity index (χ2v) is 7.52. The second-order valence-electron chi connectivity index (χ2n) is 7.52. The standard InChI is InChI=1S/C24H40N2O8/c1-5-9-30-12-14-32-15-13-31-11-8-26-24(28)7-6-10-33-23-17-21(25)20(16-22(23)29-4)18(2)34-19(3)27/h16-18H,5-15,25H2,1-4H3,(H,26,28). The van der Waals surface area contributed by atoms with E-state index in [0.29, 0.717) is 81.8 Å². The molecular formula is C24H40N2O8. The Morgan fingerprint density at radius 1 is 0.971 bits per heavy atom. The lowest BCUT2D eigenvalue weighted by atomic mass is 10.1.